The Hall–Kier alpha value is -2.43. The zero-order chi connectivity index (χ0) is 24.0. The van der Waals surface area contributed by atoms with Gasteiger partial charge in [0.1, 0.15) is 19.0 Å². The van der Waals surface area contributed by atoms with Crippen molar-refractivity contribution in [1.82, 2.24) is 14.1 Å². The lowest BCUT2D eigenvalue weighted by Gasteiger charge is -2.26. The number of esters is 1. The summed E-state index contributed by atoms with van der Waals surface area (Å²) in [7, 11) is -3.54. The molecule has 0 saturated carbocycles. The Morgan fingerprint density at radius 2 is 1.79 bits per heavy atom. The van der Waals surface area contributed by atoms with Crippen LogP contribution in [0.2, 0.25) is 0 Å². The Labute approximate surface area is 195 Å². The average molecular weight is 480 g/mol. The Kier molecular flexibility index (Phi) is 8.50. The Morgan fingerprint density at radius 1 is 1.12 bits per heavy atom. The highest BCUT2D eigenvalue weighted by atomic mass is 32.2. The third-order valence-electron chi connectivity index (χ3n) is 5.44. The van der Waals surface area contributed by atoms with Gasteiger partial charge in [0.25, 0.3) is 0 Å². The maximum absolute atomic E-state index is 12.7. The molecule has 2 heterocycles. The maximum atomic E-state index is 12.7. The zero-order valence-electron chi connectivity index (χ0n) is 19.7. The second kappa shape index (κ2) is 11.1. The van der Waals surface area contributed by atoms with Crippen LogP contribution >= 0.6 is 0 Å². The number of rotatable bonds is 10. The van der Waals surface area contributed by atoms with E-state index in [0.717, 1.165) is 23.5 Å². The van der Waals surface area contributed by atoms with Crippen LogP contribution in [0.5, 0.6) is 5.75 Å². The molecule has 1 aliphatic heterocycles. The molecule has 0 radical (unpaired) electrons. The van der Waals surface area contributed by atoms with Crippen LogP contribution in [0.15, 0.2) is 29.2 Å². The van der Waals surface area contributed by atoms with Gasteiger partial charge >= 0.3 is 5.97 Å². The fraction of sp³-hybridized carbons (Fsp3) is 0.565. The quantitative estimate of drug-likeness (QED) is 0.381. The summed E-state index contributed by atoms with van der Waals surface area (Å²) < 4.78 is 44.8. The number of morpholine rings is 1. The maximum Gasteiger partial charge on any atom is 0.310 e. The van der Waals surface area contributed by atoms with Crippen molar-refractivity contribution in [2.45, 2.75) is 45.6 Å². The van der Waals surface area contributed by atoms with E-state index in [1.54, 1.807) is 12.1 Å². The van der Waals surface area contributed by atoms with Crippen LogP contribution in [0.25, 0.3) is 0 Å². The van der Waals surface area contributed by atoms with Crippen molar-refractivity contribution >= 4 is 16.0 Å². The van der Waals surface area contributed by atoms with Crippen molar-refractivity contribution in [2.24, 2.45) is 5.92 Å². The monoisotopic (exact) mass is 479 g/mol. The molecule has 1 aromatic heterocycles. The Bertz CT molecular complexity index is 1040. The van der Waals surface area contributed by atoms with E-state index in [2.05, 4.69) is 18.9 Å². The largest absolute Gasteiger partial charge is 0.490 e. The predicted molar refractivity (Wildman–Crippen MR) is 123 cm³/mol. The number of nitrogens with zero attached hydrogens (tertiary/aromatic N) is 3. The van der Waals surface area contributed by atoms with Gasteiger partial charge in [0.05, 0.1) is 30.2 Å². The molecule has 1 saturated heterocycles. The third-order valence-corrected chi connectivity index (χ3v) is 7.35. The van der Waals surface area contributed by atoms with Gasteiger partial charge in [0, 0.05) is 30.9 Å². The van der Waals surface area contributed by atoms with Crippen LogP contribution in [-0.2, 0) is 37.3 Å². The SMILES string of the molecule is Cc1nn(CC(C)C)c(C)c1CC(=O)OCCOc1ccc(S(=O)(=O)N2CCOCC2)cc1. The van der Waals surface area contributed by atoms with Crippen LogP contribution in [0.1, 0.15) is 30.8 Å². The number of carbonyl (C=O) groups excluding carboxylic acids is 1. The number of benzene rings is 1. The van der Waals surface area contributed by atoms with E-state index < -0.39 is 10.0 Å². The van der Waals surface area contributed by atoms with Gasteiger partial charge in [-0.25, -0.2) is 8.42 Å². The highest BCUT2D eigenvalue weighted by Gasteiger charge is 2.26. The summed E-state index contributed by atoms with van der Waals surface area (Å²) in [6.45, 7) is 10.7. The van der Waals surface area contributed by atoms with Crippen molar-refractivity contribution < 1.29 is 27.4 Å². The Morgan fingerprint density at radius 3 is 2.42 bits per heavy atom. The highest BCUT2D eigenvalue weighted by Crippen LogP contribution is 2.20. The van der Waals surface area contributed by atoms with Crippen molar-refractivity contribution in [1.29, 1.82) is 0 Å². The van der Waals surface area contributed by atoms with Gasteiger partial charge in [-0.3, -0.25) is 9.48 Å². The molecule has 0 unspecified atom stereocenters. The second-order valence-corrected chi connectivity index (χ2v) is 10.4. The summed E-state index contributed by atoms with van der Waals surface area (Å²) in [4.78, 5) is 12.5. The van der Waals surface area contributed by atoms with Crippen molar-refractivity contribution in [3.63, 3.8) is 0 Å². The average Bonchev–Trinajstić information content (AvgIpc) is 3.04. The van der Waals surface area contributed by atoms with E-state index in [-0.39, 0.29) is 30.5 Å². The minimum absolute atomic E-state index is 0.102. The summed E-state index contributed by atoms with van der Waals surface area (Å²) in [5, 5.41) is 4.53. The Balaban J connectivity index is 1.45. The molecule has 1 aromatic carbocycles. The number of sulfonamides is 1. The van der Waals surface area contributed by atoms with Gasteiger partial charge in [0.2, 0.25) is 10.0 Å². The van der Waals surface area contributed by atoms with Crippen LogP contribution in [-0.4, -0.2) is 68.0 Å². The van der Waals surface area contributed by atoms with Gasteiger partial charge in [-0.2, -0.15) is 9.40 Å². The molecule has 0 amide bonds. The first-order valence-electron chi connectivity index (χ1n) is 11.2. The molecule has 10 heteroatoms. The number of aryl methyl sites for hydroxylation is 1. The van der Waals surface area contributed by atoms with Gasteiger partial charge in [-0.05, 0) is 44.0 Å². The zero-order valence-corrected chi connectivity index (χ0v) is 20.6. The molecule has 2 aromatic rings. The molecule has 0 spiro atoms. The summed E-state index contributed by atoms with van der Waals surface area (Å²) in [6.07, 6.45) is 0.170. The molecule has 0 atom stereocenters. The number of aromatic nitrogens is 2. The predicted octanol–water partition coefficient (Wildman–Crippen LogP) is 2.34. The number of carbonyl (C=O) groups is 1. The van der Waals surface area contributed by atoms with Crippen LogP contribution < -0.4 is 4.74 Å². The van der Waals surface area contributed by atoms with Gasteiger partial charge < -0.3 is 14.2 Å². The molecule has 0 bridgehead atoms. The van der Waals surface area contributed by atoms with Crippen molar-refractivity contribution in [3.8, 4) is 5.75 Å². The number of hydrogen-bond acceptors (Lipinski definition) is 7. The lowest BCUT2D eigenvalue weighted by Crippen LogP contribution is -2.40. The van der Waals surface area contributed by atoms with Crippen LogP contribution in [0.3, 0.4) is 0 Å². The molecular weight excluding hydrogens is 446 g/mol. The summed E-state index contributed by atoms with van der Waals surface area (Å²) >= 11 is 0. The number of hydrogen-bond donors (Lipinski definition) is 0. The van der Waals surface area contributed by atoms with E-state index in [0.29, 0.717) is 38.0 Å². The van der Waals surface area contributed by atoms with Crippen LogP contribution in [0.4, 0.5) is 0 Å². The molecule has 9 nitrogen and oxygen atoms in total. The number of ether oxygens (including phenoxy) is 3. The van der Waals surface area contributed by atoms with Gasteiger partial charge in [-0.1, -0.05) is 13.8 Å². The summed E-state index contributed by atoms with van der Waals surface area (Å²) in [5.41, 5.74) is 2.73. The fourth-order valence-electron chi connectivity index (χ4n) is 3.67. The van der Waals surface area contributed by atoms with Gasteiger partial charge in [0.15, 0.2) is 0 Å². The van der Waals surface area contributed by atoms with Crippen LogP contribution in [0, 0.1) is 19.8 Å². The minimum Gasteiger partial charge on any atom is -0.490 e. The van der Waals surface area contributed by atoms with E-state index in [4.69, 9.17) is 14.2 Å². The fourth-order valence-corrected chi connectivity index (χ4v) is 5.08. The minimum atomic E-state index is -3.54. The highest BCUT2D eigenvalue weighted by molar-refractivity contribution is 7.89. The van der Waals surface area contributed by atoms with Crippen molar-refractivity contribution in [2.75, 3.05) is 39.5 Å². The van der Waals surface area contributed by atoms with E-state index in [1.807, 2.05) is 18.5 Å². The molecule has 0 aliphatic carbocycles. The second-order valence-electron chi connectivity index (χ2n) is 8.46. The smallest absolute Gasteiger partial charge is 0.310 e. The van der Waals surface area contributed by atoms with Crippen molar-refractivity contribution in [3.05, 3.63) is 41.2 Å². The van der Waals surface area contributed by atoms with Gasteiger partial charge in [-0.15, -0.1) is 0 Å². The third kappa shape index (κ3) is 6.55. The molecule has 0 N–H and O–H groups in total. The normalized spacial score (nSPS) is 15.1. The summed E-state index contributed by atoms with van der Waals surface area (Å²) in [6, 6.07) is 6.25. The first kappa shape index (κ1) is 25.2. The molecule has 1 fully saturated rings. The summed E-state index contributed by atoms with van der Waals surface area (Å²) in [5.74, 6) is 0.642. The lowest BCUT2D eigenvalue weighted by atomic mass is 10.1. The molecular formula is C23H33N3O6S. The lowest BCUT2D eigenvalue weighted by molar-refractivity contribution is -0.143. The first-order chi connectivity index (χ1) is 15.7. The molecule has 1 aliphatic rings. The molecule has 33 heavy (non-hydrogen) atoms. The topological polar surface area (TPSA) is 100.0 Å². The van der Waals surface area contributed by atoms with E-state index >= 15 is 0 Å². The van der Waals surface area contributed by atoms with E-state index in [1.165, 1.54) is 16.4 Å². The van der Waals surface area contributed by atoms with E-state index in [9.17, 15) is 13.2 Å². The first-order valence-corrected chi connectivity index (χ1v) is 12.6. The molecule has 182 valence electrons. The molecule has 3 rings (SSSR count). The standard InChI is InChI=1S/C23H33N3O6S/c1-17(2)16-26-19(4)22(18(3)24-26)15-23(27)32-14-13-31-20-5-7-21(8-6-20)33(28,29)25-9-11-30-12-10-25/h5-8,17H,9-16H2,1-4H3.